The number of nitrogens with zero attached hydrogens (tertiary/aromatic N) is 1. The van der Waals surface area contributed by atoms with E-state index in [4.69, 9.17) is 9.84 Å². The number of aliphatic carboxylic acids is 1. The molecule has 0 heterocycles. The molecule has 0 radical (unpaired) electrons. The van der Waals surface area contributed by atoms with Crippen molar-refractivity contribution in [1.29, 1.82) is 0 Å². The molecule has 2 N–H and O–H groups in total. The van der Waals surface area contributed by atoms with Gasteiger partial charge in [-0.2, -0.15) is 0 Å². The van der Waals surface area contributed by atoms with Gasteiger partial charge in [0.25, 0.3) is 0 Å². The first-order chi connectivity index (χ1) is 15.8. The first-order valence-electron chi connectivity index (χ1n) is 11.1. The molecule has 2 amide bonds. The van der Waals surface area contributed by atoms with E-state index >= 15 is 0 Å². The molecule has 0 aromatic heterocycles. The number of rotatable bonds is 9. The molecule has 2 aromatic rings. The number of carboxylic acids is 1. The van der Waals surface area contributed by atoms with E-state index in [1.165, 1.54) is 4.90 Å². The molecule has 0 saturated carbocycles. The largest absolute Gasteiger partial charge is 0.480 e. The zero-order valence-electron chi connectivity index (χ0n) is 19.2. The Hall–Kier alpha value is -3.61. The van der Waals surface area contributed by atoms with Crippen LogP contribution in [0.3, 0.4) is 0 Å². The summed E-state index contributed by atoms with van der Waals surface area (Å²) in [7, 11) is 0. The first kappa shape index (κ1) is 24.0. The summed E-state index contributed by atoms with van der Waals surface area (Å²) in [4.78, 5) is 37.3. The van der Waals surface area contributed by atoms with E-state index in [0.29, 0.717) is 12.0 Å². The van der Waals surface area contributed by atoms with Crippen molar-refractivity contribution in [2.45, 2.75) is 39.2 Å². The third-order valence-electron chi connectivity index (χ3n) is 6.03. The smallest absolute Gasteiger partial charge is 0.407 e. The van der Waals surface area contributed by atoms with Gasteiger partial charge in [0.15, 0.2) is 0 Å². The van der Waals surface area contributed by atoms with Gasteiger partial charge in [-0.3, -0.25) is 9.59 Å². The summed E-state index contributed by atoms with van der Waals surface area (Å²) in [5.41, 5.74) is 4.96. The lowest BCUT2D eigenvalue weighted by Crippen LogP contribution is -2.42. The number of nitrogens with one attached hydrogen (secondary N) is 1. The van der Waals surface area contributed by atoms with Crippen LogP contribution in [0.4, 0.5) is 4.79 Å². The summed E-state index contributed by atoms with van der Waals surface area (Å²) in [6.07, 6.45) is 1.64. The molecule has 0 aliphatic heterocycles. The quantitative estimate of drug-likeness (QED) is 0.559. The molecule has 1 atom stereocenters. The maximum absolute atomic E-state index is 12.6. The van der Waals surface area contributed by atoms with Crippen LogP contribution in [0.15, 0.2) is 60.2 Å². The average molecular weight is 451 g/mol. The van der Waals surface area contributed by atoms with Crippen LogP contribution in [0.5, 0.6) is 0 Å². The van der Waals surface area contributed by atoms with Crippen molar-refractivity contribution in [3.63, 3.8) is 0 Å². The summed E-state index contributed by atoms with van der Waals surface area (Å²) in [5.74, 6) is -1.45. The summed E-state index contributed by atoms with van der Waals surface area (Å²) in [5, 5.41) is 11.7. The molecule has 7 heteroatoms. The maximum atomic E-state index is 12.6. The van der Waals surface area contributed by atoms with Crippen molar-refractivity contribution in [2.75, 3.05) is 19.7 Å². The van der Waals surface area contributed by atoms with Crippen molar-refractivity contribution < 1.29 is 24.2 Å². The van der Waals surface area contributed by atoms with E-state index in [9.17, 15) is 14.4 Å². The molecule has 0 saturated heterocycles. The van der Waals surface area contributed by atoms with E-state index in [2.05, 4.69) is 29.6 Å². The predicted octanol–water partition coefficient (Wildman–Crippen LogP) is 4.18. The lowest BCUT2D eigenvalue weighted by molar-refractivity contribution is -0.144. The van der Waals surface area contributed by atoms with Crippen molar-refractivity contribution in [1.82, 2.24) is 10.2 Å². The minimum Gasteiger partial charge on any atom is -0.480 e. The molecular formula is C26H30N2O5. The predicted molar refractivity (Wildman–Crippen MR) is 126 cm³/mol. The molecule has 1 aliphatic carbocycles. The van der Waals surface area contributed by atoms with Crippen LogP contribution in [0.25, 0.3) is 11.1 Å². The van der Waals surface area contributed by atoms with E-state index in [-0.39, 0.29) is 37.6 Å². The van der Waals surface area contributed by atoms with Gasteiger partial charge in [0.1, 0.15) is 13.2 Å². The van der Waals surface area contributed by atoms with Crippen molar-refractivity contribution >= 4 is 18.0 Å². The van der Waals surface area contributed by atoms with Gasteiger partial charge in [-0.15, -0.1) is 0 Å². The Bertz CT molecular complexity index is 1020. The number of fused-ring (bicyclic) bond motifs is 3. The Labute approximate surface area is 194 Å². The molecule has 174 valence electrons. The number of benzene rings is 2. The van der Waals surface area contributed by atoms with Gasteiger partial charge in [-0.1, -0.05) is 61.5 Å². The number of carbonyl (C=O) groups excluding carboxylic acids is 2. The van der Waals surface area contributed by atoms with Gasteiger partial charge >= 0.3 is 12.1 Å². The monoisotopic (exact) mass is 450 g/mol. The van der Waals surface area contributed by atoms with E-state index in [1.807, 2.05) is 38.1 Å². The van der Waals surface area contributed by atoms with Gasteiger partial charge < -0.3 is 20.1 Å². The molecule has 1 aliphatic rings. The molecule has 0 fully saturated rings. The third kappa shape index (κ3) is 5.61. The highest BCUT2D eigenvalue weighted by Crippen LogP contribution is 2.44. The Morgan fingerprint density at radius 1 is 1.09 bits per heavy atom. The number of carboxylic acid groups (broad SMARTS) is 1. The minimum atomic E-state index is -1.06. The number of amides is 2. The molecule has 0 spiro atoms. The Morgan fingerprint density at radius 3 is 2.21 bits per heavy atom. The van der Waals surface area contributed by atoms with Crippen molar-refractivity contribution in [3.05, 3.63) is 71.3 Å². The second-order valence-electron chi connectivity index (χ2n) is 8.18. The number of hydrogen-bond acceptors (Lipinski definition) is 4. The Balaban J connectivity index is 1.56. The van der Waals surface area contributed by atoms with Gasteiger partial charge in [0.05, 0.1) is 0 Å². The highest BCUT2D eigenvalue weighted by molar-refractivity contribution is 5.94. The third-order valence-corrected chi connectivity index (χ3v) is 6.03. The molecule has 0 bridgehead atoms. The van der Waals surface area contributed by atoms with Crippen LogP contribution < -0.4 is 5.32 Å². The molecule has 7 nitrogen and oxygen atoms in total. The summed E-state index contributed by atoms with van der Waals surface area (Å²) < 4.78 is 5.49. The van der Waals surface area contributed by atoms with Crippen LogP contribution in [-0.4, -0.2) is 53.7 Å². The maximum Gasteiger partial charge on any atom is 0.407 e. The van der Waals surface area contributed by atoms with Crippen LogP contribution in [0.2, 0.25) is 0 Å². The standard InChI is InChI=1S/C26H30N2O5/c1-4-18(3)28(15-24(29)30)25(31)17(2)13-14-27-26(32)33-16-23-21-11-7-5-9-19(21)20-10-6-8-12-22(20)23/h5-13,18,23H,4,14-16H2,1-3H3,(H,27,32)(H,29,30)/b17-13+. The van der Waals surface area contributed by atoms with Crippen molar-refractivity contribution in [3.8, 4) is 11.1 Å². The number of carbonyl (C=O) groups is 3. The summed E-state index contributed by atoms with van der Waals surface area (Å²) >= 11 is 0. The number of hydrogen-bond donors (Lipinski definition) is 2. The van der Waals surface area contributed by atoms with Crippen LogP contribution >= 0.6 is 0 Å². The molecule has 2 aromatic carbocycles. The summed E-state index contributed by atoms with van der Waals surface area (Å²) in [6.45, 7) is 5.27. The normalized spacial score (nSPS) is 13.6. The average Bonchev–Trinajstić information content (AvgIpc) is 3.13. The zero-order chi connectivity index (χ0) is 24.0. The Morgan fingerprint density at radius 2 is 1.67 bits per heavy atom. The summed E-state index contributed by atoms with van der Waals surface area (Å²) in [6, 6.07) is 16.0. The highest BCUT2D eigenvalue weighted by Gasteiger charge is 2.29. The van der Waals surface area contributed by atoms with Gasteiger partial charge in [-0.25, -0.2) is 4.79 Å². The fraction of sp³-hybridized carbons (Fsp3) is 0.346. The van der Waals surface area contributed by atoms with E-state index in [0.717, 1.165) is 22.3 Å². The number of ether oxygens (including phenoxy) is 1. The molecule has 33 heavy (non-hydrogen) atoms. The Kier molecular flexibility index (Phi) is 7.87. The fourth-order valence-electron chi connectivity index (χ4n) is 4.04. The second kappa shape index (κ2) is 10.8. The zero-order valence-corrected chi connectivity index (χ0v) is 19.2. The van der Waals surface area contributed by atoms with E-state index in [1.54, 1.807) is 13.0 Å². The molecule has 3 rings (SSSR count). The lowest BCUT2D eigenvalue weighted by Gasteiger charge is -2.27. The lowest BCUT2D eigenvalue weighted by atomic mass is 9.98. The topological polar surface area (TPSA) is 95.9 Å². The van der Waals surface area contributed by atoms with Crippen LogP contribution in [0.1, 0.15) is 44.2 Å². The van der Waals surface area contributed by atoms with Gasteiger partial charge in [0.2, 0.25) is 5.91 Å². The van der Waals surface area contributed by atoms with Crippen LogP contribution in [0, 0.1) is 0 Å². The minimum absolute atomic E-state index is 0.0258. The van der Waals surface area contributed by atoms with Crippen molar-refractivity contribution in [2.24, 2.45) is 0 Å². The van der Waals surface area contributed by atoms with Gasteiger partial charge in [-0.05, 0) is 42.5 Å². The van der Waals surface area contributed by atoms with Gasteiger partial charge in [0, 0.05) is 24.1 Å². The fourth-order valence-corrected chi connectivity index (χ4v) is 4.04. The first-order valence-corrected chi connectivity index (χ1v) is 11.1. The molecule has 1 unspecified atom stereocenters. The second-order valence-corrected chi connectivity index (χ2v) is 8.18. The van der Waals surface area contributed by atoms with E-state index < -0.39 is 12.1 Å². The number of alkyl carbamates (subject to hydrolysis) is 1. The SMILES string of the molecule is CCC(C)N(CC(=O)O)C(=O)/C(C)=C/CNC(=O)OCC1c2ccccc2-c2ccccc21. The van der Waals surface area contributed by atoms with Crippen LogP contribution in [-0.2, 0) is 14.3 Å². The molecular weight excluding hydrogens is 420 g/mol. The highest BCUT2D eigenvalue weighted by atomic mass is 16.5.